The molecule has 1 aromatic carbocycles. The van der Waals surface area contributed by atoms with Crippen LogP contribution in [0.4, 0.5) is 0 Å². The minimum atomic E-state index is -0.812. The third-order valence-corrected chi connectivity index (χ3v) is 7.40. The van der Waals surface area contributed by atoms with Gasteiger partial charge in [0.15, 0.2) is 5.60 Å². The monoisotopic (exact) mass is 378 g/mol. The van der Waals surface area contributed by atoms with Crippen molar-refractivity contribution in [2.45, 2.75) is 58.0 Å². The van der Waals surface area contributed by atoms with E-state index in [1.165, 1.54) is 0 Å². The molecule has 0 aromatic heterocycles. The van der Waals surface area contributed by atoms with E-state index in [2.05, 4.69) is 32.1 Å². The van der Waals surface area contributed by atoms with Crippen LogP contribution in [0.25, 0.3) is 0 Å². The van der Waals surface area contributed by atoms with Crippen LogP contribution in [0.3, 0.4) is 0 Å². The number of esters is 2. The fourth-order valence-corrected chi connectivity index (χ4v) is 6.56. The van der Waals surface area contributed by atoms with E-state index in [0.717, 1.165) is 49.8 Å². The second-order valence-electron chi connectivity index (χ2n) is 8.47. The number of allylic oxidation sites excluding steroid dienone is 2. The van der Waals surface area contributed by atoms with Crippen molar-refractivity contribution in [3.05, 3.63) is 59.4 Å². The highest BCUT2D eigenvalue weighted by molar-refractivity contribution is 5.98. The van der Waals surface area contributed by atoms with E-state index in [1.807, 2.05) is 24.3 Å². The van der Waals surface area contributed by atoms with Crippen molar-refractivity contribution in [1.29, 1.82) is 0 Å². The summed E-state index contributed by atoms with van der Waals surface area (Å²) >= 11 is 0. The molecular weight excluding hydrogens is 352 g/mol. The summed E-state index contributed by atoms with van der Waals surface area (Å²) in [5.41, 5.74) is -0.588. The Balaban J connectivity index is 1.82. The van der Waals surface area contributed by atoms with Gasteiger partial charge in [0.05, 0.1) is 11.0 Å². The molecule has 1 aromatic rings. The van der Waals surface area contributed by atoms with E-state index in [0.29, 0.717) is 5.56 Å². The predicted molar refractivity (Wildman–Crippen MR) is 104 cm³/mol. The van der Waals surface area contributed by atoms with Gasteiger partial charge in [0, 0.05) is 11.5 Å². The van der Waals surface area contributed by atoms with Crippen molar-refractivity contribution in [3.8, 4) is 0 Å². The topological polar surface area (TPSA) is 52.6 Å². The van der Waals surface area contributed by atoms with E-state index < -0.39 is 16.4 Å². The molecule has 2 heterocycles. The summed E-state index contributed by atoms with van der Waals surface area (Å²) in [7, 11) is 0. The third kappa shape index (κ3) is 1.65. The smallest absolute Gasteiger partial charge is 0.339 e. The van der Waals surface area contributed by atoms with Crippen LogP contribution in [0.1, 0.15) is 68.3 Å². The molecule has 4 atom stereocenters. The van der Waals surface area contributed by atoms with E-state index >= 15 is 0 Å². The van der Waals surface area contributed by atoms with E-state index in [4.69, 9.17) is 9.47 Å². The van der Waals surface area contributed by atoms with Crippen LogP contribution in [0.2, 0.25) is 0 Å². The van der Waals surface area contributed by atoms with Gasteiger partial charge < -0.3 is 9.47 Å². The minimum absolute atomic E-state index is 0.103. The zero-order chi connectivity index (χ0) is 19.6. The highest BCUT2D eigenvalue weighted by Crippen LogP contribution is 2.83. The number of carbonyl (C=O) groups excluding carboxylic acids is 2. The third-order valence-electron chi connectivity index (χ3n) is 7.40. The van der Waals surface area contributed by atoms with Gasteiger partial charge in [0.1, 0.15) is 11.2 Å². The molecule has 4 nitrogen and oxygen atoms in total. The number of cyclic esters (lactones) is 1. The molecule has 146 valence electrons. The number of benzene rings is 1. The second-order valence-corrected chi connectivity index (χ2v) is 8.47. The van der Waals surface area contributed by atoms with Crippen molar-refractivity contribution in [2.75, 3.05) is 0 Å². The highest BCUT2D eigenvalue weighted by atomic mass is 16.6. The van der Waals surface area contributed by atoms with Crippen LogP contribution >= 0.6 is 0 Å². The van der Waals surface area contributed by atoms with Gasteiger partial charge in [-0.05, 0) is 37.8 Å². The molecule has 2 fully saturated rings. The van der Waals surface area contributed by atoms with Gasteiger partial charge in [0.25, 0.3) is 0 Å². The van der Waals surface area contributed by atoms with Gasteiger partial charge in [-0.1, -0.05) is 57.0 Å². The van der Waals surface area contributed by atoms with Crippen molar-refractivity contribution in [3.63, 3.8) is 0 Å². The molecular formula is C24H26O4. The van der Waals surface area contributed by atoms with Gasteiger partial charge in [0.2, 0.25) is 0 Å². The lowest BCUT2D eigenvalue weighted by atomic mass is 9.32. The molecule has 0 bridgehead atoms. The molecule has 4 unspecified atom stereocenters. The standard InChI is InChI=1S/C24H26O4/c1-3-5-13-19-23-15-9-8-14-22(23,21(26)27-19)18(10-4-2)24(23)17-12-7-6-11-16(17)20(25)28-24/h6-8,11-14,18H,3-5,9-10,15H2,1-2H3/b19-13+. The first-order valence-corrected chi connectivity index (χ1v) is 10.5. The normalized spacial score (nSPS) is 38.6. The molecule has 2 aliphatic heterocycles. The quantitative estimate of drug-likeness (QED) is 0.544. The Morgan fingerprint density at radius 2 is 2.00 bits per heavy atom. The predicted octanol–water partition coefficient (Wildman–Crippen LogP) is 5.05. The van der Waals surface area contributed by atoms with Crippen LogP contribution in [-0.4, -0.2) is 11.9 Å². The van der Waals surface area contributed by atoms with Crippen LogP contribution in [0, 0.1) is 16.7 Å². The van der Waals surface area contributed by atoms with Gasteiger partial charge >= 0.3 is 11.9 Å². The molecule has 1 spiro atoms. The fourth-order valence-electron chi connectivity index (χ4n) is 6.56. The summed E-state index contributed by atoms with van der Waals surface area (Å²) in [5.74, 6) is 0.175. The SMILES string of the molecule is CCC/C=C1/OC(=O)C23C=CCCC12C1(OC(=O)c2ccccc21)C3CCC. The number of fused-ring (bicyclic) bond motifs is 2. The van der Waals surface area contributed by atoms with Crippen molar-refractivity contribution >= 4 is 11.9 Å². The van der Waals surface area contributed by atoms with Gasteiger partial charge in [-0.3, -0.25) is 4.79 Å². The molecule has 1 saturated heterocycles. The summed E-state index contributed by atoms with van der Waals surface area (Å²) in [5, 5.41) is 0. The van der Waals surface area contributed by atoms with Crippen molar-refractivity contribution in [2.24, 2.45) is 16.7 Å². The first kappa shape index (κ1) is 17.7. The van der Waals surface area contributed by atoms with Crippen molar-refractivity contribution in [1.82, 2.24) is 0 Å². The Morgan fingerprint density at radius 1 is 1.18 bits per heavy atom. The molecule has 2 aliphatic carbocycles. The number of carbonyl (C=O) groups is 2. The lowest BCUT2D eigenvalue weighted by Gasteiger charge is -2.68. The van der Waals surface area contributed by atoms with Gasteiger partial charge in [-0.2, -0.15) is 0 Å². The van der Waals surface area contributed by atoms with Crippen LogP contribution in [0.5, 0.6) is 0 Å². The number of ether oxygens (including phenoxy) is 2. The van der Waals surface area contributed by atoms with Gasteiger partial charge in [-0.15, -0.1) is 0 Å². The lowest BCUT2D eigenvalue weighted by Crippen LogP contribution is -2.75. The second kappa shape index (κ2) is 5.82. The zero-order valence-electron chi connectivity index (χ0n) is 16.5. The first-order chi connectivity index (χ1) is 13.6. The number of hydrogen-bond acceptors (Lipinski definition) is 4. The van der Waals surface area contributed by atoms with Crippen LogP contribution in [-0.2, 0) is 19.9 Å². The fraction of sp³-hybridized carbons (Fsp3) is 0.500. The van der Waals surface area contributed by atoms with Crippen LogP contribution < -0.4 is 0 Å². The lowest BCUT2D eigenvalue weighted by molar-refractivity contribution is -0.270. The first-order valence-electron chi connectivity index (χ1n) is 10.5. The van der Waals surface area contributed by atoms with Gasteiger partial charge in [-0.25, -0.2) is 4.79 Å². The van der Waals surface area contributed by atoms with Crippen LogP contribution in [0.15, 0.2) is 48.3 Å². The summed E-state index contributed by atoms with van der Waals surface area (Å²) in [6.45, 7) is 4.23. The largest absolute Gasteiger partial charge is 0.449 e. The number of rotatable bonds is 4. The maximum Gasteiger partial charge on any atom is 0.339 e. The zero-order valence-corrected chi connectivity index (χ0v) is 16.5. The molecule has 0 radical (unpaired) electrons. The van der Waals surface area contributed by atoms with E-state index in [1.54, 1.807) is 0 Å². The summed E-state index contributed by atoms with van der Waals surface area (Å²) in [6, 6.07) is 7.70. The summed E-state index contributed by atoms with van der Waals surface area (Å²) < 4.78 is 12.3. The number of unbranched alkanes of at least 4 members (excludes halogenated alkanes) is 1. The Morgan fingerprint density at radius 3 is 2.79 bits per heavy atom. The molecule has 1 saturated carbocycles. The molecule has 4 aliphatic rings. The average Bonchev–Trinajstić information content (AvgIpc) is 3.15. The average molecular weight is 378 g/mol. The summed E-state index contributed by atoms with van der Waals surface area (Å²) in [6.07, 6.45) is 11.4. The maximum atomic E-state index is 13.3. The molecule has 0 N–H and O–H groups in total. The summed E-state index contributed by atoms with van der Waals surface area (Å²) in [4.78, 5) is 26.2. The Bertz CT molecular complexity index is 928. The Hall–Kier alpha value is -2.36. The molecule has 5 rings (SSSR count). The maximum absolute atomic E-state index is 13.3. The molecule has 28 heavy (non-hydrogen) atoms. The Labute approximate surface area is 165 Å². The van der Waals surface area contributed by atoms with E-state index in [-0.39, 0.29) is 17.9 Å². The van der Waals surface area contributed by atoms with E-state index in [9.17, 15) is 9.59 Å². The molecule has 0 amide bonds. The Kier molecular flexibility index (Phi) is 3.68. The minimum Gasteiger partial charge on any atom is -0.449 e. The highest BCUT2D eigenvalue weighted by Gasteiger charge is 2.90. The van der Waals surface area contributed by atoms with Crippen molar-refractivity contribution < 1.29 is 19.1 Å². The molecule has 4 heteroatoms. The number of hydrogen-bond donors (Lipinski definition) is 0.